The van der Waals surface area contributed by atoms with Crippen molar-refractivity contribution in [2.24, 2.45) is 5.73 Å². The van der Waals surface area contributed by atoms with Gasteiger partial charge in [0.05, 0.1) is 7.11 Å². The lowest BCUT2D eigenvalue weighted by Gasteiger charge is -2.27. The molecule has 3 rings (SSSR count). The number of ether oxygens (including phenoxy) is 1. The van der Waals surface area contributed by atoms with Gasteiger partial charge in [-0.3, -0.25) is 0 Å². The van der Waals surface area contributed by atoms with E-state index in [0.29, 0.717) is 5.92 Å². The van der Waals surface area contributed by atoms with Gasteiger partial charge in [0.2, 0.25) is 0 Å². The number of benzene rings is 1. The van der Waals surface area contributed by atoms with Crippen molar-refractivity contribution in [1.82, 2.24) is 0 Å². The van der Waals surface area contributed by atoms with Gasteiger partial charge in [0.15, 0.2) is 0 Å². The van der Waals surface area contributed by atoms with E-state index in [1.807, 2.05) is 5.38 Å². The second-order valence-corrected chi connectivity index (χ2v) is 6.46. The fraction of sp³-hybridized carbons (Fsp3) is 0.412. The Morgan fingerprint density at radius 1 is 1.40 bits per heavy atom. The van der Waals surface area contributed by atoms with Crippen molar-refractivity contribution in [3.63, 3.8) is 0 Å². The summed E-state index contributed by atoms with van der Waals surface area (Å²) in [6.45, 7) is 0. The molecule has 1 heterocycles. The highest BCUT2D eigenvalue weighted by Crippen LogP contribution is 2.38. The third-order valence-electron chi connectivity index (χ3n) is 4.23. The summed E-state index contributed by atoms with van der Waals surface area (Å²) in [6, 6.07) is 11.0. The van der Waals surface area contributed by atoms with Crippen molar-refractivity contribution in [3.8, 4) is 5.75 Å². The van der Waals surface area contributed by atoms with E-state index in [1.54, 1.807) is 18.4 Å². The molecule has 1 aromatic carbocycles. The van der Waals surface area contributed by atoms with Crippen molar-refractivity contribution in [2.75, 3.05) is 7.11 Å². The first-order valence-electron chi connectivity index (χ1n) is 7.23. The molecule has 0 spiro atoms. The molecule has 20 heavy (non-hydrogen) atoms. The molecular formula is C17H21NOS. The quantitative estimate of drug-likeness (QED) is 0.911. The average molecular weight is 287 g/mol. The fourth-order valence-corrected chi connectivity index (χ4v) is 4.03. The zero-order valence-electron chi connectivity index (χ0n) is 11.8. The van der Waals surface area contributed by atoms with Crippen LogP contribution in [0.5, 0.6) is 5.75 Å². The van der Waals surface area contributed by atoms with E-state index in [1.165, 1.54) is 35.3 Å². The molecule has 0 amide bonds. The molecule has 0 saturated heterocycles. The van der Waals surface area contributed by atoms with Gasteiger partial charge in [0, 0.05) is 16.3 Å². The molecule has 2 unspecified atom stereocenters. The molecule has 2 atom stereocenters. The Labute approximate surface area is 124 Å². The Hall–Kier alpha value is -1.32. The van der Waals surface area contributed by atoms with Crippen molar-refractivity contribution in [1.29, 1.82) is 0 Å². The number of rotatable bonds is 4. The largest absolute Gasteiger partial charge is 0.496 e. The maximum atomic E-state index is 6.41. The van der Waals surface area contributed by atoms with Gasteiger partial charge >= 0.3 is 0 Å². The van der Waals surface area contributed by atoms with E-state index in [2.05, 4.69) is 30.3 Å². The Bertz CT molecular complexity index is 578. The molecule has 0 radical (unpaired) electrons. The first-order valence-corrected chi connectivity index (χ1v) is 8.11. The second kappa shape index (κ2) is 5.98. The highest BCUT2D eigenvalue weighted by molar-refractivity contribution is 7.10. The van der Waals surface area contributed by atoms with Crippen molar-refractivity contribution in [3.05, 3.63) is 51.7 Å². The summed E-state index contributed by atoms with van der Waals surface area (Å²) in [5.74, 6) is 1.52. The van der Waals surface area contributed by atoms with E-state index in [9.17, 15) is 0 Å². The number of methoxy groups -OCH3 is 1. The number of hydrogen-bond acceptors (Lipinski definition) is 3. The minimum atomic E-state index is 0.111. The smallest absolute Gasteiger partial charge is 0.129 e. The maximum Gasteiger partial charge on any atom is 0.129 e. The van der Waals surface area contributed by atoms with Crippen LogP contribution in [0.25, 0.3) is 0 Å². The Morgan fingerprint density at radius 3 is 3.05 bits per heavy atom. The predicted molar refractivity (Wildman–Crippen MR) is 84.5 cm³/mol. The van der Waals surface area contributed by atoms with Gasteiger partial charge in [0.1, 0.15) is 5.75 Å². The van der Waals surface area contributed by atoms with E-state index in [4.69, 9.17) is 10.5 Å². The molecule has 2 nitrogen and oxygen atoms in total. The van der Waals surface area contributed by atoms with Crippen molar-refractivity contribution < 1.29 is 4.74 Å². The van der Waals surface area contributed by atoms with Crippen LogP contribution in [0.15, 0.2) is 35.7 Å². The minimum Gasteiger partial charge on any atom is -0.496 e. The minimum absolute atomic E-state index is 0.111. The van der Waals surface area contributed by atoms with Gasteiger partial charge in [-0.25, -0.2) is 0 Å². The van der Waals surface area contributed by atoms with E-state index < -0.39 is 0 Å². The summed E-state index contributed by atoms with van der Waals surface area (Å²) < 4.78 is 5.25. The highest BCUT2D eigenvalue weighted by atomic mass is 32.1. The van der Waals surface area contributed by atoms with Crippen molar-refractivity contribution in [2.45, 2.75) is 37.6 Å². The molecule has 1 aliphatic carbocycles. The topological polar surface area (TPSA) is 35.2 Å². The molecule has 1 aliphatic rings. The van der Waals surface area contributed by atoms with Gasteiger partial charge in [0.25, 0.3) is 0 Å². The third kappa shape index (κ3) is 2.74. The first-order chi connectivity index (χ1) is 9.78. The van der Waals surface area contributed by atoms with Crippen LogP contribution in [0.1, 0.15) is 47.2 Å². The van der Waals surface area contributed by atoms with Crippen LogP contribution < -0.4 is 10.5 Å². The summed E-state index contributed by atoms with van der Waals surface area (Å²) in [4.78, 5) is 1.23. The summed E-state index contributed by atoms with van der Waals surface area (Å²) in [7, 11) is 1.70. The second-order valence-electron chi connectivity index (χ2n) is 5.52. The number of hydrogen-bond donors (Lipinski definition) is 1. The molecule has 106 valence electrons. The molecule has 0 fully saturated rings. The zero-order valence-corrected chi connectivity index (χ0v) is 12.7. The predicted octanol–water partition coefficient (Wildman–Crippen LogP) is 4.27. The van der Waals surface area contributed by atoms with E-state index in [0.717, 1.165) is 12.2 Å². The monoisotopic (exact) mass is 287 g/mol. The molecule has 1 aromatic heterocycles. The normalized spacial score (nSPS) is 19.4. The van der Waals surface area contributed by atoms with Crippen molar-refractivity contribution >= 4 is 11.3 Å². The van der Waals surface area contributed by atoms with Crippen LogP contribution >= 0.6 is 11.3 Å². The standard InChI is InChI=1S/C17H21NOS/c1-19-14-10-17(20-11-14)16(18)9-13-7-4-6-12-5-2-3-8-15(12)13/h2-3,5,8,10-11,13,16H,4,6-7,9,18H2,1H3. The summed E-state index contributed by atoms with van der Waals surface area (Å²) in [6.07, 6.45) is 4.78. The van der Waals surface area contributed by atoms with Crippen LogP contribution in [0.4, 0.5) is 0 Å². The molecule has 2 aromatic rings. The van der Waals surface area contributed by atoms with Gasteiger partial charge in [-0.1, -0.05) is 24.3 Å². The number of fused-ring (bicyclic) bond motifs is 1. The van der Waals surface area contributed by atoms with Crippen LogP contribution in [0, 0.1) is 0 Å². The van der Waals surface area contributed by atoms with Crippen LogP contribution in [0.3, 0.4) is 0 Å². The SMILES string of the molecule is COc1csc(C(N)CC2CCCc3ccccc32)c1. The van der Waals surface area contributed by atoms with Crippen LogP contribution in [-0.2, 0) is 6.42 Å². The summed E-state index contributed by atoms with van der Waals surface area (Å²) >= 11 is 1.70. The van der Waals surface area contributed by atoms with Gasteiger partial charge in [-0.2, -0.15) is 0 Å². The molecule has 2 N–H and O–H groups in total. The van der Waals surface area contributed by atoms with E-state index >= 15 is 0 Å². The van der Waals surface area contributed by atoms with E-state index in [-0.39, 0.29) is 6.04 Å². The number of aryl methyl sites for hydroxylation is 1. The maximum absolute atomic E-state index is 6.41. The average Bonchev–Trinajstić information content (AvgIpc) is 2.97. The van der Waals surface area contributed by atoms with Gasteiger partial charge < -0.3 is 10.5 Å². The first kappa shape index (κ1) is 13.7. The van der Waals surface area contributed by atoms with Gasteiger partial charge in [-0.05, 0) is 48.8 Å². The molecule has 0 aliphatic heterocycles. The van der Waals surface area contributed by atoms with Crippen LogP contribution in [0.2, 0.25) is 0 Å². The molecular weight excluding hydrogens is 266 g/mol. The molecule has 0 saturated carbocycles. The molecule has 3 heteroatoms. The summed E-state index contributed by atoms with van der Waals surface area (Å²) in [5.41, 5.74) is 9.43. The Balaban J connectivity index is 1.75. The molecule has 0 bridgehead atoms. The Morgan fingerprint density at radius 2 is 2.25 bits per heavy atom. The zero-order chi connectivity index (χ0) is 13.9. The third-order valence-corrected chi connectivity index (χ3v) is 5.27. The fourth-order valence-electron chi connectivity index (χ4n) is 3.16. The number of nitrogens with two attached hydrogens (primary N) is 1. The number of thiophene rings is 1. The Kier molecular flexibility index (Phi) is 4.08. The van der Waals surface area contributed by atoms with Crippen LogP contribution in [-0.4, -0.2) is 7.11 Å². The lowest BCUT2D eigenvalue weighted by molar-refractivity contribution is 0.415. The highest BCUT2D eigenvalue weighted by Gasteiger charge is 2.23. The van der Waals surface area contributed by atoms with Gasteiger partial charge in [-0.15, -0.1) is 11.3 Å². The lowest BCUT2D eigenvalue weighted by atomic mass is 9.79. The lowest BCUT2D eigenvalue weighted by Crippen LogP contribution is -2.17. The summed E-state index contributed by atoms with van der Waals surface area (Å²) in [5, 5.41) is 2.03.